The first-order valence-electron chi connectivity index (χ1n) is 8.95. The summed E-state index contributed by atoms with van der Waals surface area (Å²) in [6.07, 6.45) is 0.716. The van der Waals surface area contributed by atoms with Crippen molar-refractivity contribution in [1.82, 2.24) is 10.2 Å². The van der Waals surface area contributed by atoms with Crippen molar-refractivity contribution in [3.63, 3.8) is 0 Å². The van der Waals surface area contributed by atoms with E-state index in [4.69, 9.17) is 9.47 Å². The molecule has 0 bridgehead atoms. The van der Waals surface area contributed by atoms with Crippen LogP contribution in [0, 0.1) is 5.82 Å². The van der Waals surface area contributed by atoms with Crippen molar-refractivity contribution in [2.75, 3.05) is 31.4 Å². The van der Waals surface area contributed by atoms with Crippen LogP contribution in [0.3, 0.4) is 0 Å². The minimum absolute atomic E-state index is 0.254. The maximum Gasteiger partial charge on any atom is 0.264 e. The van der Waals surface area contributed by atoms with Crippen molar-refractivity contribution in [3.05, 3.63) is 71.5 Å². The number of carbonyl (C=O) groups excluding carboxylic acids is 1. The standard InChI is InChI=1S/C21H21FN4O3/c1-28-16-4-3-5-17(29-2)20(16)21(27)24-19-11-10-18(25-26-19)23-13-12-14-6-8-15(22)9-7-14/h3-11H,12-13H2,1-2H3,(H,23,25)(H,24,26,27). The second-order valence-electron chi connectivity index (χ2n) is 6.10. The number of carbonyl (C=O) groups is 1. The molecule has 0 saturated heterocycles. The van der Waals surface area contributed by atoms with Gasteiger partial charge in [0, 0.05) is 6.54 Å². The van der Waals surface area contributed by atoms with Crippen LogP contribution in [0.2, 0.25) is 0 Å². The van der Waals surface area contributed by atoms with Gasteiger partial charge in [-0.15, -0.1) is 10.2 Å². The number of ether oxygens (including phenoxy) is 2. The predicted molar refractivity (Wildman–Crippen MR) is 108 cm³/mol. The minimum Gasteiger partial charge on any atom is -0.496 e. The summed E-state index contributed by atoms with van der Waals surface area (Å²) >= 11 is 0. The molecule has 8 heteroatoms. The van der Waals surface area contributed by atoms with Gasteiger partial charge in [0.1, 0.15) is 28.7 Å². The summed E-state index contributed by atoms with van der Waals surface area (Å²) in [5.74, 6) is 0.997. The van der Waals surface area contributed by atoms with Crippen LogP contribution in [0.5, 0.6) is 11.5 Å². The van der Waals surface area contributed by atoms with Crippen LogP contribution in [0.15, 0.2) is 54.6 Å². The van der Waals surface area contributed by atoms with E-state index in [-0.39, 0.29) is 11.4 Å². The highest BCUT2D eigenvalue weighted by Gasteiger charge is 2.18. The highest BCUT2D eigenvalue weighted by atomic mass is 19.1. The molecular weight excluding hydrogens is 375 g/mol. The minimum atomic E-state index is -0.411. The van der Waals surface area contributed by atoms with E-state index < -0.39 is 5.91 Å². The van der Waals surface area contributed by atoms with Gasteiger partial charge in [0.15, 0.2) is 5.82 Å². The van der Waals surface area contributed by atoms with Gasteiger partial charge in [-0.2, -0.15) is 0 Å². The number of halogens is 1. The molecule has 1 heterocycles. The average Bonchev–Trinajstić information content (AvgIpc) is 2.75. The number of nitrogens with zero attached hydrogens (tertiary/aromatic N) is 2. The largest absolute Gasteiger partial charge is 0.496 e. The molecule has 0 fully saturated rings. The molecule has 150 valence electrons. The Morgan fingerprint density at radius 2 is 1.55 bits per heavy atom. The van der Waals surface area contributed by atoms with Crippen molar-refractivity contribution in [1.29, 1.82) is 0 Å². The summed E-state index contributed by atoms with van der Waals surface area (Å²) in [5.41, 5.74) is 1.29. The van der Waals surface area contributed by atoms with E-state index in [1.165, 1.54) is 26.4 Å². The van der Waals surface area contributed by atoms with E-state index in [1.54, 1.807) is 42.5 Å². The molecule has 1 amide bonds. The highest BCUT2D eigenvalue weighted by Crippen LogP contribution is 2.28. The van der Waals surface area contributed by atoms with Crippen molar-refractivity contribution in [2.24, 2.45) is 0 Å². The molecule has 1 aromatic heterocycles. The first-order valence-corrected chi connectivity index (χ1v) is 8.95. The van der Waals surface area contributed by atoms with E-state index in [9.17, 15) is 9.18 Å². The fraction of sp³-hybridized carbons (Fsp3) is 0.190. The Morgan fingerprint density at radius 1 is 0.931 bits per heavy atom. The van der Waals surface area contributed by atoms with E-state index in [0.717, 1.165) is 5.56 Å². The van der Waals surface area contributed by atoms with Gasteiger partial charge in [-0.05, 0) is 48.4 Å². The van der Waals surface area contributed by atoms with Crippen LogP contribution in [-0.4, -0.2) is 36.9 Å². The SMILES string of the molecule is COc1cccc(OC)c1C(=O)Nc1ccc(NCCc2ccc(F)cc2)nn1. The number of hydrogen-bond acceptors (Lipinski definition) is 6. The molecule has 0 radical (unpaired) electrons. The zero-order valence-corrected chi connectivity index (χ0v) is 16.1. The second-order valence-corrected chi connectivity index (χ2v) is 6.10. The quantitative estimate of drug-likeness (QED) is 0.606. The molecular formula is C21H21FN4O3. The number of aromatic nitrogens is 2. The van der Waals surface area contributed by atoms with Gasteiger partial charge in [0.2, 0.25) is 0 Å². The lowest BCUT2D eigenvalue weighted by Crippen LogP contribution is -2.16. The lowest BCUT2D eigenvalue weighted by molar-refractivity contribution is 0.102. The van der Waals surface area contributed by atoms with E-state index in [1.807, 2.05) is 0 Å². The topological polar surface area (TPSA) is 85.4 Å². The Bertz CT molecular complexity index is 940. The number of anilines is 2. The van der Waals surface area contributed by atoms with Crippen LogP contribution in [0.25, 0.3) is 0 Å². The van der Waals surface area contributed by atoms with Gasteiger partial charge in [-0.1, -0.05) is 18.2 Å². The van der Waals surface area contributed by atoms with Crippen LogP contribution in [0.4, 0.5) is 16.0 Å². The van der Waals surface area contributed by atoms with Crippen LogP contribution >= 0.6 is 0 Å². The fourth-order valence-corrected chi connectivity index (χ4v) is 2.73. The Morgan fingerprint density at radius 3 is 2.14 bits per heavy atom. The predicted octanol–water partition coefficient (Wildman–Crippen LogP) is 3.54. The zero-order chi connectivity index (χ0) is 20.6. The third-order valence-electron chi connectivity index (χ3n) is 4.19. The van der Waals surface area contributed by atoms with Crippen molar-refractivity contribution < 1.29 is 18.7 Å². The maximum atomic E-state index is 12.9. The Balaban J connectivity index is 1.59. The molecule has 3 rings (SSSR count). The molecule has 0 spiro atoms. The van der Waals surface area contributed by atoms with E-state index >= 15 is 0 Å². The monoisotopic (exact) mass is 396 g/mol. The summed E-state index contributed by atoms with van der Waals surface area (Å²) < 4.78 is 23.4. The van der Waals surface area contributed by atoms with Crippen LogP contribution < -0.4 is 20.1 Å². The number of rotatable bonds is 8. The molecule has 3 aromatic rings. The maximum absolute atomic E-state index is 12.9. The number of amides is 1. The van der Waals surface area contributed by atoms with Gasteiger partial charge in [0.05, 0.1) is 14.2 Å². The van der Waals surface area contributed by atoms with E-state index in [0.29, 0.717) is 36.1 Å². The number of nitrogens with one attached hydrogen (secondary N) is 2. The first-order chi connectivity index (χ1) is 14.1. The zero-order valence-electron chi connectivity index (χ0n) is 16.1. The van der Waals surface area contributed by atoms with Crippen LogP contribution in [0.1, 0.15) is 15.9 Å². The molecule has 7 nitrogen and oxygen atoms in total. The Kier molecular flexibility index (Phi) is 6.57. The van der Waals surface area contributed by atoms with E-state index in [2.05, 4.69) is 20.8 Å². The molecule has 29 heavy (non-hydrogen) atoms. The summed E-state index contributed by atoms with van der Waals surface area (Å²) in [4.78, 5) is 12.6. The van der Waals surface area contributed by atoms with Gasteiger partial charge < -0.3 is 20.1 Å². The molecule has 0 aliphatic heterocycles. The summed E-state index contributed by atoms with van der Waals surface area (Å²) in [5, 5.41) is 13.9. The lowest BCUT2D eigenvalue weighted by Gasteiger charge is -2.12. The molecule has 0 unspecified atom stereocenters. The number of hydrogen-bond donors (Lipinski definition) is 2. The smallest absolute Gasteiger partial charge is 0.264 e. The van der Waals surface area contributed by atoms with Gasteiger partial charge in [-0.25, -0.2) is 4.39 Å². The van der Waals surface area contributed by atoms with Crippen molar-refractivity contribution in [3.8, 4) is 11.5 Å². The third-order valence-corrected chi connectivity index (χ3v) is 4.19. The third kappa shape index (κ3) is 5.19. The fourth-order valence-electron chi connectivity index (χ4n) is 2.73. The summed E-state index contributed by atoms with van der Waals surface area (Å²) in [7, 11) is 2.97. The first kappa shape index (κ1) is 20.1. The molecule has 0 aliphatic carbocycles. The summed E-state index contributed by atoms with van der Waals surface area (Å²) in [6.45, 7) is 0.616. The Hall–Kier alpha value is -3.68. The summed E-state index contributed by atoms with van der Waals surface area (Å²) in [6, 6.07) is 14.8. The molecule has 2 N–H and O–H groups in total. The lowest BCUT2D eigenvalue weighted by atomic mass is 10.1. The number of benzene rings is 2. The highest BCUT2D eigenvalue weighted by molar-refractivity contribution is 6.07. The second kappa shape index (κ2) is 9.50. The molecule has 0 aliphatic rings. The average molecular weight is 396 g/mol. The molecule has 0 saturated carbocycles. The normalized spacial score (nSPS) is 10.3. The van der Waals surface area contributed by atoms with Gasteiger partial charge in [0.25, 0.3) is 5.91 Å². The van der Waals surface area contributed by atoms with Crippen LogP contribution in [-0.2, 0) is 6.42 Å². The molecule has 0 atom stereocenters. The van der Waals surface area contributed by atoms with Gasteiger partial charge >= 0.3 is 0 Å². The van der Waals surface area contributed by atoms with Crippen molar-refractivity contribution >= 4 is 17.5 Å². The van der Waals surface area contributed by atoms with Crippen molar-refractivity contribution in [2.45, 2.75) is 6.42 Å². The number of methoxy groups -OCH3 is 2. The Labute approximate surface area is 167 Å². The molecule has 2 aromatic carbocycles. The van der Waals surface area contributed by atoms with Gasteiger partial charge in [-0.3, -0.25) is 4.79 Å².